The van der Waals surface area contributed by atoms with E-state index in [4.69, 9.17) is 0 Å². The highest BCUT2D eigenvalue weighted by molar-refractivity contribution is 6.16. The Morgan fingerprint density at radius 3 is 2.86 bits per heavy atom. The van der Waals surface area contributed by atoms with Crippen LogP contribution in [-0.4, -0.2) is 5.78 Å². The van der Waals surface area contributed by atoms with Crippen molar-refractivity contribution in [3.8, 4) is 0 Å². The van der Waals surface area contributed by atoms with Crippen molar-refractivity contribution in [3.05, 3.63) is 46.1 Å². The summed E-state index contributed by atoms with van der Waals surface area (Å²) in [4.78, 5) is 15.4. The lowest BCUT2D eigenvalue weighted by Crippen LogP contribution is -2.18. The molecule has 1 aromatic carbocycles. The predicted octanol–water partition coefficient (Wildman–Crippen LogP) is 0.667. The van der Waals surface area contributed by atoms with E-state index in [2.05, 4.69) is 4.99 Å². The molecule has 0 fully saturated rings. The van der Waals surface area contributed by atoms with Gasteiger partial charge in [-0.2, -0.15) is 0 Å². The quantitative estimate of drug-likeness (QED) is 0.578. The number of ketones is 1. The Balaban J connectivity index is 2.42. The fraction of sp³-hybridized carbons (Fsp3) is 0. The van der Waals surface area contributed by atoms with Gasteiger partial charge < -0.3 is 0 Å². The van der Waals surface area contributed by atoms with Crippen LogP contribution in [0.2, 0.25) is 0 Å². The third kappa shape index (κ3) is 0.973. The fourth-order valence-electron chi connectivity index (χ4n) is 1.72. The van der Waals surface area contributed by atoms with Gasteiger partial charge in [0.25, 0.3) is 0 Å². The summed E-state index contributed by atoms with van der Waals surface area (Å²) in [5.74, 6) is 0.0522. The van der Waals surface area contributed by atoms with Crippen molar-refractivity contribution < 1.29 is 4.79 Å². The number of nitrogens with zero attached hydrogens (tertiary/aromatic N) is 1. The number of fused-ring (bicyclic) bond motifs is 2. The first-order chi connectivity index (χ1) is 6.83. The van der Waals surface area contributed by atoms with Crippen molar-refractivity contribution in [2.24, 2.45) is 4.99 Å². The van der Waals surface area contributed by atoms with Crippen LogP contribution >= 0.6 is 0 Å². The molecule has 1 aliphatic heterocycles. The van der Waals surface area contributed by atoms with Gasteiger partial charge in [-0.1, -0.05) is 6.08 Å². The lowest BCUT2D eigenvalue weighted by atomic mass is 10.0. The Morgan fingerprint density at radius 1 is 1.00 bits per heavy atom. The highest BCUT2D eigenvalue weighted by Crippen LogP contribution is 2.04. The minimum Gasteiger partial charge on any atom is -0.290 e. The van der Waals surface area contributed by atoms with Gasteiger partial charge in [0.2, 0.25) is 0 Å². The standard InChI is InChI=1S/C12H7NO/c14-11-2-1-8-7-12-9(3-4-13-12)5-10(8)6-11/h1-7H. The smallest absolute Gasteiger partial charge is 0.179 e. The molecule has 1 aliphatic carbocycles. The van der Waals surface area contributed by atoms with Crippen LogP contribution in [0.5, 0.6) is 0 Å². The van der Waals surface area contributed by atoms with Crippen molar-refractivity contribution in [1.29, 1.82) is 0 Å². The van der Waals surface area contributed by atoms with E-state index in [-0.39, 0.29) is 5.78 Å². The van der Waals surface area contributed by atoms with E-state index in [1.807, 2.05) is 24.3 Å². The molecule has 0 unspecified atom stereocenters. The second kappa shape index (κ2) is 2.51. The molecule has 1 aromatic rings. The molecule has 2 nitrogen and oxygen atoms in total. The minimum atomic E-state index is 0.0522. The third-order valence-electron chi connectivity index (χ3n) is 2.42. The van der Waals surface area contributed by atoms with Crippen LogP contribution < -0.4 is 10.6 Å². The number of carbonyl (C=O) groups excluding carboxylic acids is 1. The highest BCUT2D eigenvalue weighted by Gasteiger charge is 2.05. The predicted molar refractivity (Wildman–Crippen MR) is 54.8 cm³/mol. The van der Waals surface area contributed by atoms with Crippen molar-refractivity contribution in [2.75, 3.05) is 0 Å². The van der Waals surface area contributed by atoms with E-state index >= 15 is 0 Å². The molecule has 0 amide bonds. The lowest BCUT2D eigenvalue weighted by Gasteiger charge is -2.01. The van der Waals surface area contributed by atoms with Crippen LogP contribution in [0.4, 0.5) is 0 Å². The molecule has 3 rings (SSSR count). The van der Waals surface area contributed by atoms with Gasteiger partial charge in [-0.05, 0) is 41.1 Å². The molecule has 0 saturated heterocycles. The van der Waals surface area contributed by atoms with E-state index in [0.717, 1.165) is 21.7 Å². The van der Waals surface area contributed by atoms with Gasteiger partial charge in [0, 0.05) is 11.8 Å². The van der Waals surface area contributed by atoms with Gasteiger partial charge in [-0.25, -0.2) is 0 Å². The van der Waals surface area contributed by atoms with Gasteiger partial charge in [0.05, 0.1) is 5.36 Å². The molecule has 0 saturated carbocycles. The molecule has 0 bridgehead atoms. The summed E-state index contributed by atoms with van der Waals surface area (Å²) in [5.41, 5.74) is 2.15. The minimum absolute atomic E-state index is 0.0522. The molecule has 2 aliphatic rings. The zero-order chi connectivity index (χ0) is 9.54. The van der Waals surface area contributed by atoms with Crippen molar-refractivity contribution in [2.45, 2.75) is 0 Å². The molecule has 66 valence electrons. The first-order valence-electron chi connectivity index (χ1n) is 4.45. The molecule has 0 radical (unpaired) electrons. The third-order valence-corrected chi connectivity index (χ3v) is 2.42. The number of allylic oxidation sites excluding steroid dienone is 1. The van der Waals surface area contributed by atoms with Gasteiger partial charge >= 0.3 is 0 Å². The molecule has 1 heterocycles. The average Bonchev–Trinajstić information content (AvgIpc) is 2.61. The molecule has 0 N–H and O–H groups in total. The van der Waals surface area contributed by atoms with Crippen molar-refractivity contribution >= 4 is 24.0 Å². The Hall–Kier alpha value is -1.96. The molecular weight excluding hydrogens is 174 g/mol. The Bertz CT molecular complexity index is 606. The van der Waals surface area contributed by atoms with Crippen molar-refractivity contribution in [1.82, 2.24) is 0 Å². The summed E-state index contributed by atoms with van der Waals surface area (Å²) >= 11 is 0. The average molecular weight is 181 g/mol. The van der Waals surface area contributed by atoms with Gasteiger partial charge in [0.1, 0.15) is 0 Å². The molecule has 0 aromatic heterocycles. The van der Waals surface area contributed by atoms with E-state index in [9.17, 15) is 4.79 Å². The molecule has 0 spiro atoms. The zero-order valence-corrected chi connectivity index (χ0v) is 7.40. The normalized spacial score (nSPS) is 15.9. The molecule has 0 atom stereocenters. The fourth-order valence-corrected chi connectivity index (χ4v) is 1.72. The summed E-state index contributed by atoms with van der Waals surface area (Å²) in [6.45, 7) is 0. The van der Waals surface area contributed by atoms with E-state index < -0.39 is 0 Å². The van der Waals surface area contributed by atoms with E-state index in [1.54, 1.807) is 18.4 Å². The Labute approximate surface area is 80.6 Å². The van der Waals surface area contributed by atoms with Crippen LogP contribution in [0.3, 0.4) is 0 Å². The molecule has 2 heteroatoms. The summed E-state index contributed by atoms with van der Waals surface area (Å²) < 4.78 is 0. The number of hydrogen-bond donors (Lipinski definition) is 0. The topological polar surface area (TPSA) is 29.4 Å². The maximum atomic E-state index is 11.1. The monoisotopic (exact) mass is 181 g/mol. The first-order valence-corrected chi connectivity index (χ1v) is 4.45. The Kier molecular flexibility index (Phi) is 1.34. The summed E-state index contributed by atoms with van der Waals surface area (Å²) in [5, 5.41) is 1.97. The van der Waals surface area contributed by atoms with Gasteiger partial charge in [0.15, 0.2) is 5.78 Å². The second-order valence-corrected chi connectivity index (χ2v) is 3.36. The van der Waals surface area contributed by atoms with Gasteiger partial charge in [-0.3, -0.25) is 9.79 Å². The summed E-state index contributed by atoms with van der Waals surface area (Å²) in [6.07, 6.45) is 8.80. The van der Waals surface area contributed by atoms with Gasteiger partial charge in [-0.15, -0.1) is 0 Å². The van der Waals surface area contributed by atoms with Crippen LogP contribution in [-0.2, 0) is 4.79 Å². The first kappa shape index (κ1) is 7.44. The van der Waals surface area contributed by atoms with E-state index in [0.29, 0.717) is 0 Å². The maximum absolute atomic E-state index is 11.1. The largest absolute Gasteiger partial charge is 0.290 e. The SMILES string of the molecule is O=C1C=Cc2cc3c(cc2=C1)C=CN=3. The number of carbonyl (C=O) groups is 1. The number of hydrogen-bond acceptors (Lipinski definition) is 2. The number of benzene rings is 1. The van der Waals surface area contributed by atoms with E-state index in [1.165, 1.54) is 0 Å². The second-order valence-electron chi connectivity index (χ2n) is 3.36. The number of rotatable bonds is 0. The molecule has 14 heavy (non-hydrogen) atoms. The summed E-state index contributed by atoms with van der Waals surface area (Å²) in [7, 11) is 0. The lowest BCUT2D eigenvalue weighted by molar-refractivity contribution is -0.109. The highest BCUT2D eigenvalue weighted by atomic mass is 16.1. The Morgan fingerprint density at radius 2 is 1.93 bits per heavy atom. The van der Waals surface area contributed by atoms with Crippen LogP contribution in [0.1, 0.15) is 11.1 Å². The zero-order valence-electron chi connectivity index (χ0n) is 7.40. The van der Waals surface area contributed by atoms with Crippen LogP contribution in [0.15, 0.2) is 29.4 Å². The van der Waals surface area contributed by atoms with Crippen LogP contribution in [0, 0.1) is 0 Å². The summed E-state index contributed by atoms with van der Waals surface area (Å²) in [6, 6.07) is 4.00. The molecular formula is C12H7NO. The van der Waals surface area contributed by atoms with Crippen molar-refractivity contribution in [3.63, 3.8) is 0 Å². The maximum Gasteiger partial charge on any atom is 0.179 e. The van der Waals surface area contributed by atoms with Crippen LogP contribution in [0.25, 0.3) is 18.2 Å².